The lowest BCUT2D eigenvalue weighted by molar-refractivity contribution is -0.162. The van der Waals surface area contributed by atoms with Gasteiger partial charge >= 0.3 is 12.1 Å². The summed E-state index contributed by atoms with van der Waals surface area (Å²) in [6.07, 6.45) is 0.170. The minimum absolute atomic E-state index is 0.0481. The Bertz CT molecular complexity index is 802. The molecule has 30 heavy (non-hydrogen) atoms. The fraction of sp³-hybridized carbons (Fsp3) is 0.636. The molecule has 0 saturated carbocycles. The number of nitrogens with zero attached hydrogens (tertiary/aromatic N) is 1. The fourth-order valence-electron chi connectivity index (χ4n) is 3.39. The summed E-state index contributed by atoms with van der Waals surface area (Å²) in [6, 6.07) is 2.15. The van der Waals surface area contributed by atoms with Gasteiger partial charge in [-0.3, -0.25) is 4.79 Å². The number of ether oxygens (including phenoxy) is 2. The monoisotopic (exact) mass is 489 g/mol. The summed E-state index contributed by atoms with van der Waals surface area (Å²) in [6.45, 7) is 11.4. The largest absolute Gasteiger partial charge is 0.460 e. The molecule has 0 aliphatic carbocycles. The van der Waals surface area contributed by atoms with Gasteiger partial charge in [-0.25, -0.2) is 13.6 Å². The molecular weight excluding hydrogens is 460 g/mol. The van der Waals surface area contributed by atoms with Crippen LogP contribution in [0, 0.1) is 23.5 Å². The molecule has 1 aromatic rings. The third kappa shape index (κ3) is 6.93. The smallest absolute Gasteiger partial charge is 0.410 e. The van der Waals surface area contributed by atoms with E-state index in [1.807, 2.05) is 0 Å². The number of hydrogen-bond acceptors (Lipinski definition) is 4. The highest BCUT2D eigenvalue weighted by Crippen LogP contribution is 2.32. The number of rotatable bonds is 4. The van der Waals surface area contributed by atoms with Crippen molar-refractivity contribution in [2.24, 2.45) is 11.8 Å². The molecule has 0 bridgehead atoms. The van der Waals surface area contributed by atoms with Crippen molar-refractivity contribution in [2.45, 2.75) is 65.6 Å². The average Bonchev–Trinajstić information content (AvgIpc) is 3.03. The van der Waals surface area contributed by atoms with E-state index in [0.717, 1.165) is 6.07 Å². The number of esters is 1. The molecular formula is C22H30BrF2NO4. The van der Waals surface area contributed by atoms with Gasteiger partial charge in [-0.05, 0) is 87.9 Å². The van der Waals surface area contributed by atoms with Crippen LogP contribution in [-0.2, 0) is 20.7 Å². The van der Waals surface area contributed by atoms with E-state index in [2.05, 4.69) is 15.9 Å². The van der Waals surface area contributed by atoms with E-state index in [-0.39, 0.29) is 22.4 Å². The molecule has 2 atom stereocenters. The second-order valence-corrected chi connectivity index (χ2v) is 10.5. The topological polar surface area (TPSA) is 55.8 Å². The molecule has 1 saturated heterocycles. The maximum atomic E-state index is 14.4. The first-order chi connectivity index (χ1) is 13.7. The highest BCUT2D eigenvalue weighted by atomic mass is 79.9. The molecule has 1 amide bonds. The van der Waals surface area contributed by atoms with Crippen molar-refractivity contribution in [3.05, 3.63) is 33.8 Å². The van der Waals surface area contributed by atoms with Crippen molar-refractivity contribution < 1.29 is 27.8 Å². The zero-order chi connectivity index (χ0) is 22.9. The standard InChI is InChI=1S/C22H30BrF2NO4/c1-21(2,3)29-19(27)15(9-14-10-16(23)18(25)11-17(14)24)13-7-8-26(12-13)20(28)30-22(4,5)6/h10-11,13,15H,7-9,12H2,1-6H3/t13-,15-/m0/s1. The van der Waals surface area contributed by atoms with Crippen LogP contribution in [0.15, 0.2) is 16.6 Å². The number of hydrogen-bond donors (Lipinski definition) is 0. The molecule has 168 valence electrons. The second-order valence-electron chi connectivity index (χ2n) is 9.68. The highest BCUT2D eigenvalue weighted by molar-refractivity contribution is 9.10. The Hall–Kier alpha value is -1.70. The molecule has 1 aliphatic heterocycles. The Morgan fingerprint density at radius 1 is 1.10 bits per heavy atom. The molecule has 2 rings (SSSR count). The SMILES string of the molecule is CC(C)(C)OC(=O)[C@@H](Cc1cc(Br)c(F)cc1F)[C@H]1CCN(C(=O)OC(C)(C)C)C1. The van der Waals surface area contributed by atoms with Gasteiger partial charge in [0.2, 0.25) is 0 Å². The number of carbonyl (C=O) groups is 2. The third-order valence-electron chi connectivity index (χ3n) is 4.68. The lowest BCUT2D eigenvalue weighted by Gasteiger charge is -2.28. The lowest BCUT2D eigenvalue weighted by Crippen LogP contribution is -2.38. The van der Waals surface area contributed by atoms with Crippen LogP contribution < -0.4 is 0 Å². The van der Waals surface area contributed by atoms with Gasteiger partial charge in [0.1, 0.15) is 22.8 Å². The summed E-state index contributed by atoms with van der Waals surface area (Å²) in [7, 11) is 0. The number of halogens is 3. The van der Waals surface area contributed by atoms with Crippen molar-refractivity contribution in [2.75, 3.05) is 13.1 Å². The van der Waals surface area contributed by atoms with E-state index in [9.17, 15) is 18.4 Å². The number of benzene rings is 1. The predicted octanol–water partition coefficient (Wildman–Crippen LogP) is 5.48. The van der Waals surface area contributed by atoms with Crippen molar-refractivity contribution in [3.63, 3.8) is 0 Å². The molecule has 5 nitrogen and oxygen atoms in total. The number of amides is 1. The van der Waals surface area contributed by atoms with Gasteiger partial charge in [-0.1, -0.05) is 0 Å². The molecule has 0 spiro atoms. The Labute approximate surface area is 185 Å². The third-order valence-corrected chi connectivity index (χ3v) is 5.29. The van der Waals surface area contributed by atoms with Crippen LogP contribution in [0.4, 0.5) is 13.6 Å². The van der Waals surface area contributed by atoms with Gasteiger partial charge in [-0.2, -0.15) is 0 Å². The van der Waals surface area contributed by atoms with Crippen molar-refractivity contribution >= 4 is 28.0 Å². The van der Waals surface area contributed by atoms with E-state index in [0.29, 0.717) is 19.5 Å². The van der Waals surface area contributed by atoms with Crippen LogP contribution in [0.25, 0.3) is 0 Å². The van der Waals surface area contributed by atoms with E-state index < -0.39 is 40.8 Å². The van der Waals surface area contributed by atoms with Gasteiger partial charge in [0.05, 0.1) is 10.4 Å². The lowest BCUT2D eigenvalue weighted by atomic mass is 9.85. The van der Waals surface area contributed by atoms with Crippen molar-refractivity contribution in [1.29, 1.82) is 0 Å². The summed E-state index contributed by atoms with van der Waals surface area (Å²) >= 11 is 3.07. The van der Waals surface area contributed by atoms with Gasteiger partial charge in [0.15, 0.2) is 0 Å². The van der Waals surface area contributed by atoms with E-state index >= 15 is 0 Å². The molecule has 1 fully saturated rings. The van der Waals surface area contributed by atoms with Crippen LogP contribution in [0.3, 0.4) is 0 Å². The van der Waals surface area contributed by atoms with Gasteiger partial charge in [0.25, 0.3) is 0 Å². The minimum atomic E-state index is -0.716. The zero-order valence-electron chi connectivity index (χ0n) is 18.4. The number of likely N-dealkylation sites (tertiary alicyclic amines) is 1. The molecule has 1 heterocycles. The zero-order valence-corrected chi connectivity index (χ0v) is 19.9. The Balaban J connectivity index is 2.24. The van der Waals surface area contributed by atoms with Gasteiger partial charge in [0, 0.05) is 19.2 Å². The van der Waals surface area contributed by atoms with Crippen LogP contribution >= 0.6 is 15.9 Å². The molecule has 0 aromatic heterocycles. The minimum Gasteiger partial charge on any atom is -0.460 e. The first kappa shape index (κ1) is 24.6. The van der Waals surface area contributed by atoms with Crippen LogP contribution in [0.2, 0.25) is 0 Å². The van der Waals surface area contributed by atoms with Crippen LogP contribution in [0.1, 0.15) is 53.5 Å². The van der Waals surface area contributed by atoms with E-state index in [1.165, 1.54) is 6.07 Å². The van der Waals surface area contributed by atoms with Crippen molar-refractivity contribution in [3.8, 4) is 0 Å². The Morgan fingerprint density at radius 2 is 1.70 bits per heavy atom. The average molecular weight is 490 g/mol. The summed E-state index contributed by atoms with van der Waals surface area (Å²) in [5.41, 5.74) is -1.11. The van der Waals surface area contributed by atoms with Gasteiger partial charge in [-0.15, -0.1) is 0 Å². The summed E-state index contributed by atoms with van der Waals surface area (Å²) in [5.74, 6) is -2.79. The molecule has 8 heteroatoms. The predicted molar refractivity (Wildman–Crippen MR) is 113 cm³/mol. The van der Waals surface area contributed by atoms with Crippen molar-refractivity contribution in [1.82, 2.24) is 4.90 Å². The molecule has 0 radical (unpaired) electrons. The summed E-state index contributed by atoms with van der Waals surface area (Å²) < 4.78 is 39.1. The Kier molecular flexibility index (Phi) is 7.54. The van der Waals surface area contributed by atoms with Gasteiger partial charge < -0.3 is 14.4 Å². The maximum Gasteiger partial charge on any atom is 0.410 e. The fourth-order valence-corrected chi connectivity index (χ4v) is 3.78. The second kappa shape index (κ2) is 9.20. The summed E-state index contributed by atoms with van der Waals surface area (Å²) in [4.78, 5) is 26.9. The molecule has 0 unspecified atom stereocenters. The first-order valence-electron chi connectivity index (χ1n) is 10.0. The first-order valence-corrected chi connectivity index (χ1v) is 10.8. The van der Waals surface area contributed by atoms with E-state index in [4.69, 9.17) is 9.47 Å². The highest BCUT2D eigenvalue weighted by Gasteiger charge is 2.39. The molecule has 1 aliphatic rings. The molecule has 1 aromatic carbocycles. The van der Waals surface area contributed by atoms with Crippen LogP contribution in [-0.4, -0.2) is 41.3 Å². The summed E-state index contributed by atoms with van der Waals surface area (Å²) in [5, 5.41) is 0. The van der Waals surface area contributed by atoms with E-state index in [1.54, 1.807) is 46.4 Å². The molecule has 0 N–H and O–H groups in total. The normalized spacial score (nSPS) is 18.3. The quantitative estimate of drug-likeness (QED) is 0.414. The maximum absolute atomic E-state index is 14.4. The number of carbonyl (C=O) groups excluding carboxylic acids is 2. The Morgan fingerprint density at radius 3 is 2.27 bits per heavy atom. The van der Waals surface area contributed by atoms with Crippen LogP contribution in [0.5, 0.6) is 0 Å².